The van der Waals surface area contributed by atoms with Gasteiger partial charge in [-0.2, -0.15) is 5.10 Å². The molecular formula is C16H19ClN2O2. The van der Waals surface area contributed by atoms with E-state index in [2.05, 4.69) is 5.10 Å². The normalized spacial score (nSPS) is 11.7. The summed E-state index contributed by atoms with van der Waals surface area (Å²) in [5, 5.41) is 14.0. The van der Waals surface area contributed by atoms with Gasteiger partial charge < -0.3 is 5.11 Å². The van der Waals surface area contributed by atoms with Gasteiger partial charge in [0.05, 0.1) is 12.2 Å². The maximum absolute atomic E-state index is 11.5. The second kappa shape index (κ2) is 5.53. The lowest BCUT2D eigenvalue weighted by Gasteiger charge is -2.15. The number of rotatable bonds is 3. The van der Waals surface area contributed by atoms with Crippen molar-refractivity contribution in [3.63, 3.8) is 0 Å². The third-order valence-electron chi connectivity index (χ3n) is 3.40. The van der Waals surface area contributed by atoms with Gasteiger partial charge in [0.15, 0.2) is 0 Å². The van der Waals surface area contributed by atoms with Crippen molar-refractivity contribution in [1.29, 1.82) is 0 Å². The fraction of sp³-hybridized carbons (Fsp3) is 0.375. The van der Waals surface area contributed by atoms with Crippen molar-refractivity contribution >= 4 is 17.6 Å². The first-order chi connectivity index (χ1) is 9.71. The third-order valence-corrected chi connectivity index (χ3v) is 3.78. The molecule has 2 aromatic rings. The van der Waals surface area contributed by atoms with Crippen LogP contribution in [0.25, 0.3) is 0 Å². The zero-order valence-corrected chi connectivity index (χ0v) is 13.4. The fourth-order valence-electron chi connectivity index (χ4n) is 2.21. The predicted octanol–water partition coefficient (Wildman–Crippen LogP) is 3.89. The van der Waals surface area contributed by atoms with E-state index in [4.69, 9.17) is 11.6 Å². The highest BCUT2D eigenvalue weighted by atomic mass is 35.5. The van der Waals surface area contributed by atoms with E-state index in [0.29, 0.717) is 12.2 Å². The van der Waals surface area contributed by atoms with Gasteiger partial charge >= 0.3 is 5.97 Å². The van der Waals surface area contributed by atoms with Gasteiger partial charge in [0.2, 0.25) is 0 Å². The Balaban J connectivity index is 2.51. The number of hydrogen-bond acceptors (Lipinski definition) is 2. The van der Waals surface area contributed by atoms with Crippen LogP contribution in [0.5, 0.6) is 0 Å². The lowest BCUT2D eigenvalue weighted by Crippen LogP contribution is -2.17. The van der Waals surface area contributed by atoms with Crippen LogP contribution in [-0.4, -0.2) is 20.9 Å². The van der Waals surface area contributed by atoms with Crippen molar-refractivity contribution < 1.29 is 9.90 Å². The average Bonchev–Trinajstić information content (AvgIpc) is 2.70. The van der Waals surface area contributed by atoms with Crippen molar-refractivity contribution in [3.05, 3.63) is 51.8 Å². The SMILES string of the molecule is Cc1ccccc1Cn1nc(C(C)(C)C)c(C(=O)O)c1Cl. The number of aromatic nitrogens is 2. The number of aromatic carboxylic acids is 1. The van der Waals surface area contributed by atoms with E-state index in [1.807, 2.05) is 52.0 Å². The van der Waals surface area contributed by atoms with Crippen molar-refractivity contribution in [2.24, 2.45) is 0 Å². The Morgan fingerprint density at radius 3 is 2.43 bits per heavy atom. The van der Waals surface area contributed by atoms with Crippen LogP contribution in [0.2, 0.25) is 5.15 Å². The molecule has 112 valence electrons. The number of halogens is 1. The lowest BCUT2D eigenvalue weighted by molar-refractivity contribution is 0.0694. The summed E-state index contributed by atoms with van der Waals surface area (Å²) in [6.45, 7) is 8.25. The zero-order chi connectivity index (χ0) is 15.8. The smallest absolute Gasteiger partial charge is 0.340 e. The Bertz CT molecular complexity index is 684. The summed E-state index contributed by atoms with van der Waals surface area (Å²) in [6.07, 6.45) is 0. The first kappa shape index (κ1) is 15.6. The molecule has 1 N–H and O–H groups in total. The van der Waals surface area contributed by atoms with Gasteiger partial charge in [-0.15, -0.1) is 0 Å². The van der Waals surface area contributed by atoms with Crippen LogP contribution in [0, 0.1) is 6.92 Å². The Labute approximate surface area is 129 Å². The van der Waals surface area contributed by atoms with Crippen LogP contribution in [0.3, 0.4) is 0 Å². The van der Waals surface area contributed by atoms with Gasteiger partial charge in [0, 0.05) is 5.41 Å². The molecule has 4 nitrogen and oxygen atoms in total. The number of carbonyl (C=O) groups is 1. The summed E-state index contributed by atoms with van der Waals surface area (Å²) < 4.78 is 1.56. The van der Waals surface area contributed by atoms with Crippen molar-refractivity contribution in [2.45, 2.75) is 39.7 Å². The summed E-state index contributed by atoms with van der Waals surface area (Å²) in [5.41, 5.74) is 2.41. The molecule has 1 aromatic carbocycles. The standard InChI is InChI=1S/C16H19ClN2O2/c1-10-7-5-6-8-11(10)9-19-14(17)12(15(20)21)13(18-19)16(2,3)4/h5-8H,9H2,1-4H3,(H,20,21). The topological polar surface area (TPSA) is 55.1 Å². The quantitative estimate of drug-likeness (QED) is 0.936. The molecule has 1 aromatic heterocycles. The highest BCUT2D eigenvalue weighted by molar-refractivity contribution is 6.32. The van der Waals surface area contributed by atoms with Crippen LogP contribution in [0.4, 0.5) is 0 Å². The molecule has 0 atom stereocenters. The second-order valence-electron chi connectivity index (χ2n) is 6.15. The van der Waals surface area contributed by atoms with E-state index in [1.165, 1.54) is 0 Å². The first-order valence-electron chi connectivity index (χ1n) is 6.76. The molecule has 2 rings (SSSR count). The third kappa shape index (κ3) is 3.10. The van der Waals surface area contributed by atoms with Crippen LogP contribution in [0.1, 0.15) is 48.0 Å². The molecule has 0 unspecified atom stereocenters. The Kier molecular flexibility index (Phi) is 4.10. The molecule has 0 saturated heterocycles. The van der Waals surface area contributed by atoms with Gasteiger partial charge in [-0.05, 0) is 18.1 Å². The molecule has 0 aliphatic rings. The van der Waals surface area contributed by atoms with E-state index in [1.54, 1.807) is 4.68 Å². The molecule has 0 saturated carbocycles. The maximum atomic E-state index is 11.5. The van der Waals surface area contributed by atoms with Gasteiger partial charge in [0.1, 0.15) is 10.7 Å². The van der Waals surface area contributed by atoms with Crippen LogP contribution in [0.15, 0.2) is 24.3 Å². The van der Waals surface area contributed by atoms with Gasteiger partial charge in [0.25, 0.3) is 0 Å². The van der Waals surface area contributed by atoms with Gasteiger partial charge in [-0.25, -0.2) is 9.48 Å². The van der Waals surface area contributed by atoms with Crippen molar-refractivity contribution in [2.75, 3.05) is 0 Å². The minimum atomic E-state index is -1.04. The number of aryl methyl sites for hydroxylation is 1. The number of nitrogens with zero attached hydrogens (tertiary/aromatic N) is 2. The molecule has 0 aliphatic heterocycles. The number of hydrogen-bond donors (Lipinski definition) is 1. The Morgan fingerprint density at radius 2 is 1.95 bits per heavy atom. The van der Waals surface area contributed by atoms with Gasteiger partial charge in [-0.3, -0.25) is 0 Å². The number of benzene rings is 1. The van der Waals surface area contributed by atoms with Crippen LogP contribution >= 0.6 is 11.6 Å². The summed E-state index contributed by atoms with van der Waals surface area (Å²) in [6, 6.07) is 7.91. The van der Waals surface area contributed by atoms with E-state index in [0.717, 1.165) is 11.1 Å². The molecule has 0 amide bonds. The van der Waals surface area contributed by atoms with E-state index < -0.39 is 5.97 Å². The van der Waals surface area contributed by atoms with E-state index >= 15 is 0 Å². The number of carboxylic acids is 1. The fourth-order valence-corrected chi connectivity index (χ4v) is 2.48. The highest BCUT2D eigenvalue weighted by Crippen LogP contribution is 2.30. The summed E-state index contributed by atoms with van der Waals surface area (Å²) in [5.74, 6) is -1.04. The van der Waals surface area contributed by atoms with Crippen LogP contribution in [-0.2, 0) is 12.0 Å². The predicted molar refractivity (Wildman–Crippen MR) is 83.2 cm³/mol. The van der Waals surface area contributed by atoms with Crippen LogP contribution < -0.4 is 0 Å². The average molecular weight is 307 g/mol. The summed E-state index contributed by atoms with van der Waals surface area (Å²) >= 11 is 6.25. The molecule has 0 bridgehead atoms. The summed E-state index contributed by atoms with van der Waals surface area (Å²) in [7, 11) is 0. The Morgan fingerprint density at radius 1 is 1.33 bits per heavy atom. The second-order valence-corrected chi connectivity index (χ2v) is 6.51. The highest BCUT2D eigenvalue weighted by Gasteiger charge is 2.30. The maximum Gasteiger partial charge on any atom is 0.340 e. The monoisotopic (exact) mass is 306 g/mol. The molecule has 0 fully saturated rings. The lowest BCUT2D eigenvalue weighted by atomic mass is 9.89. The van der Waals surface area contributed by atoms with E-state index in [9.17, 15) is 9.90 Å². The Hall–Kier alpha value is -1.81. The minimum Gasteiger partial charge on any atom is -0.478 e. The number of carboxylic acid groups (broad SMARTS) is 1. The van der Waals surface area contributed by atoms with Gasteiger partial charge in [-0.1, -0.05) is 56.6 Å². The van der Waals surface area contributed by atoms with Crippen molar-refractivity contribution in [1.82, 2.24) is 9.78 Å². The molecule has 0 spiro atoms. The van der Waals surface area contributed by atoms with Crippen molar-refractivity contribution in [3.8, 4) is 0 Å². The molecule has 0 aliphatic carbocycles. The molecular weight excluding hydrogens is 288 g/mol. The molecule has 1 heterocycles. The molecule has 5 heteroatoms. The molecule has 21 heavy (non-hydrogen) atoms. The largest absolute Gasteiger partial charge is 0.478 e. The first-order valence-corrected chi connectivity index (χ1v) is 7.14. The minimum absolute atomic E-state index is 0.0951. The zero-order valence-electron chi connectivity index (χ0n) is 12.6. The summed E-state index contributed by atoms with van der Waals surface area (Å²) in [4.78, 5) is 11.5. The van der Waals surface area contributed by atoms with E-state index in [-0.39, 0.29) is 16.1 Å². The molecule has 0 radical (unpaired) electrons.